The molecule has 1 aliphatic heterocycles. The van der Waals surface area contributed by atoms with E-state index in [1.54, 1.807) is 11.1 Å². The van der Waals surface area contributed by atoms with Crippen molar-refractivity contribution in [3.63, 3.8) is 0 Å². The lowest BCUT2D eigenvalue weighted by atomic mass is 9.86. The third-order valence-electron chi connectivity index (χ3n) is 4.65. The van der Waals surface area contributed by atoms with Crippen molar-refractivity contribution in [1.82, 2.24) is 4.90 Å². The smallest absolute Gasteiger partial charge is 0.0595 e. The predicted octanol–water partition coefficient (Wildman–Crippen LogP) is 2.65. The van der Waals surface area contributed by atoms with E-state index in [-0.39, 0.29) is 0 Å². The van der Waals surface area contributed by atoms with Crippen molar-refractivity contribution in [3.8, 4) is 0 Å². The zero-order valence-corrected chi connectivity index (χ0v) is 11.3. The summed E-state index contributed by atoms with van der Waals surface area (Å²) in [6.45, 7) is 2.43. The number of aryl methyl sites for hydroxylation is 1. The monoisotopic (exact) mass is 245 g/mol. The Kier molecular flexibility index (Phi) is 3.67. The maximum Gasteiger partial charge on any atom is 0.0595 e. The van der Waals surface area contributed by atoms with Gasteiger partial charge in [-0.2, -0.15) is 0 Å². The summed E-state index contributed by atoms with van der Waals surface area (Å²) in [5, 5.41) is 0. The van der Waals surface area contributed by atoms with E-state index in [1.165, 1.54) is 45.2 Å². The molecule has 98 valence electrons. The van der Waals surface area contributed by atoms with Gasteiger partial charge in [-0.15, -0.1) is 0 Å². The largest absolute Gasteiger partial charge is 0.381 e. The Hall–Kier alpha value is -0.860. The fourth-order valence-corrected chi connectivity index (χ4v) is 3.47. The minimum atomic E-state index is 0.497. The highest BCUT2D eigenvalue weighted by Gasteiger charge is 2.27. The van der Waals surface area contributed by atoms with Crippen LogP contribution in [0.3, 0.4) is 0 Å². The van der Waals surface area contributed by atoms with Gasteiger partial charge in [0.2, 0.25) is 0 Å². The van der Waals surface area contributed by atoms with Crippen LogP contribution in [0.2, 0.25) is 0 Å². The van der Waals surface area contributed by atoms with E-state index in [4.69, 9.17) is 4.74 Å². The number of benzene rings is 1. The molecule has 0 radical (unpaired) electrons. The molecule has 2 aliphatic rings. The van der Waals surface area contributed by atoms with Crippen LogP contribution >= 0.6 is 0 Å². The number of hydrogen-bond acceptors (Lipinski definition) is 2. The quantitative estimate of drug-likeness (QED) is 0.794. The summed E-state index contributed by atoms with van der Waals surface area (Å²) in [6.07, 6.45) is 6.73. The molecule has 0 N–H and O–H groups in total. The van der Waals surface area contributed by atoms with Crippen LogP contribution in [0.4, 0.5) is 0 Å². The lowest BCUT2D eigenvalue weighted by Gasteiger charge is -2.39. The van der Waals surface area contributed by atoms with E-state index < -0.39 is 0 Å². The van der Waals surface area contributed by atoms with Gasteiger partial charge >= 0.3 is 0 Å². The minimum Gasteiger partial charge on any atom is -0.381 e. The van der Waals surface area contributed by atoms with Gasteiger partial charge in [0.1, 0.15) is 0 Å². The van der Waals surface area contributed by atoms with Crippen LogP contribution in [-0.2, 0) is 17.6 Å². The second-order valence-corrected chi connectivity index (χ2v) is 5.64. The summed E-state index contributed by atoms with van der Waals surface area (Å²) < 4.78 is 5.46. The number of nitrogens with zero attached hydrogens (tertiary/aromatic N) is 1. The Bertz CT molecular complexity index is 396. The molecule has 0 saturated carbocycles. The Balaban J connectivity index is 1.63. The molecule has 3 rings (SSSR count). The highest BCUT2D eigenvalue weighted by molar-refractivity contribution is 5.30. The van der Waals surface area contributed by atoms with Crippen LogP contribution in [0.5, 0.6) is 0 Å². The van der Waals surface area contributed by atoms with Crippen LogP contribution in [-0.4, -0.2) is 37.2 Å². The van der Waals surface area contributed by atoms with E-state index >= 15 is 0 Å². The van der Waals surface area contributed by atoms with Gasteiger partial charge in [0.15, 0.2) is 0 Å². The number of fused-ring (bicyclic) bond motifs is 1. The van der Waals surface area contributed by atoms with Gasteiger partial charge in [0.25, 0.3) is 0 Å². The predicted molar refractivity (Wildman–Crippen MR) is 73.9 cm³/mol. The normalized spacial score (nSPS) is 25.9. The standard InChI is InChI=1S/C16H23NO/c1-18-16-8-10-17(11-9-16)15-7-6-13-4-2-3-5-14(13)12-15/h2-5,15-16H,6-12H2,1H3. The van der Waals surface area contributed by atoms with Crippen LogP contribution in [0.1, 0.15) is 30.4 Å². The van der Waals surface area contributed by atoms with Gasteiger partial charge in [0, 0.05) is 26.2 Å². The highest BCUT2D eigenvalue weighted by Crippen LogP contribution is 2.26. The fraction of sp³-hybridized carbons (Fsp3) is 0.625. The molecule has 0 bridgehead atoms. The lowest BCUT2D eigenvalue weighted by Crippen LogP contribution is -2.45. The fourth-order valence-electron chi connectivity index (χ4n) is 3.47. The zero-order chi connectivity index (χ0) is 12.4. The van der Waals surface area contributed by atoms with E-state index in [2.05, 4.69) is 29.2 Å². The summed E-state index contributed by atoms with van der Waals surface area (Å²) in [6, 6.07) is 9.71. The molecular weight excluding hydrogens is 222 g/mol. The second-order valence-electron chi connectivity index (χ2n) is 5.64. The number of methoxy groups -OCH3 is 1. The molecule has 18 heavy (non-hydrogen) atoms. The van der Waals surface area contributed by atoms with E-state index in [0.29, 0.717) is 6.10 Å². The average molecular weight is 245 g/mol. The molecule has 2 heteroatoms. The molecule has 1 fully saturated rings. The van der Waals surface area contributed by atoms with E-state index in [1.807, 2.05) is 7.11 Å². The number of piperidine rings is 1. The van der Waals surface area contributed by atoms with Gasteiger partial charge < -0.3 is 4.74 Å². The van der Waals surface area contributed by atoms with Crippen molar-refractivity contribution in [2.75, 3.05) is 20.2 Å². The Labute approximate surface area is 110 Å². The third kappa shape index (κ3) is 2.45. The third-order valence-corrected chi connectivity index (χ3v) is 4.65. The molecule has 1 unspecified atom stereocenters. The molecule has 0 spiro atoms. The maximum absolute atomic E-state index is 5.46. The summed E-state index contributed by atoms with van der Waals surface area (Å²) in [5.74, 6) is 0. The van der Waals surface area contributed by atoms with Crippen LogP contribution in [0.25, 0.3) is 0 Å². The first kappa shape index (κ1) is 12.2. The number of hydrogen-bond donors (Lipinski definition) is 0. The second kappa shape index (κ2) is 5.41. The molecule has 1 aromatic rings. The first-order valence-corrected chi connectivity index (χ1v) is 7.20. The molecule has 1 aliphatic carbocycles. The maximum atomic E-state index is 5.46. The average Bonchev–Trinajstić information content (AvgIpc) is 2.47. The van der Waals surface area contributed by atoms with Crippen LogP contribution in [0.15, 0.2) is 24.3 Å². The SMILES string of the molecule is COC1CCN(C2CCc3ccccc3C2)CC1. The molecule has 0 amide bonds. The van der Waals surface area contributed by atoms with Crippen molar-refractivity contribution in [2.45, 2.75) is 44.2 Å². The van der Waals surface area contributed by atoms with Crippen molar-refractivity contribution >= 4 is 0 Å². The first-order chi connectivity index (χ1) is 8.86. The van der Waals surface area contributed by atoms with Gasteiger partial charge in [-0.3, -0.25) is 4.90 Å². The minimum absolute atomic E-state index is 0.497. The lowest BCUT2D eigenvalue weighted by molar-refractivity contribution is 0.0250. The highest BCUT2D eigenvalue weighted by atomic mass is 16.5. The Morgan fingerprint density at radius 3 is 2.50 bits per heavy atom. The van der Waals surface area contributed by atoms with Crippen molar-refractivity contribution in [1.29, 1.82) is 0 Å². The number of rotatable bonds is 2. The summed E-state index contributed by atoms with van der Waals surface area (Å²) in [5.41, 5.74) is 3.14. The van der Waals surface area contributed by atoms with Crippen LogP contribution < -0.4 is 0 Å². The molecule has 1 atom stereocenters. The molecule has 1 heterocycles. The van der Waals surface area contributed by atoms with Crippen molar-refractivity contribution < 1.29 is 4.74 Å². The van der Waals surface area contributed by atoms with Gasteiger partial charge in [0.05, 0.1) is 6.10 Å². The first-order valence-electron chi connectivity index (χ1n) is 7.20. The number of likely N-dealkylation sites (tertiary alicyclic amines) is 1. The van der Waals surface area contributed by atoms with Gasteiger partial charge in [-0.1, -0.05) is 24.3 Å². The molecule has 2 nitrogen and oxygen atoms in total. The van der Waals surface area contributed by atoms with Crippen LogP contribution in [0, 0.1) is 0 Å². The Morgan fingerprint density at radius 1 is 1.06 bits per heavy atom. The van der Waals surface area contributed by atoms with Crippen molar-refractivity contribution in [3.05, 3.63) is 35.4 Å². The zero-order valence-electron chi connectivity index (χ0n) is 11.3. The molecule has 1 aromatic carbocycles. The van der Waals surface area contributed by atoms with E-state index in [9.17, 15) is 0 Å². The number of ether oxygens (including phenoxy) is 1. The topological polar surface area (TPSA) is 12.5 Å². The summed E-state index contributed by atoms with van der Waals surface area (Å²) in [4.78, 5) is 2.69. The van der Waals surface area contributed by atoms with E-state index in [0.717, 1.165) is 6.04 Å². The molecular formula is C16H23NO. The summed E-state index contributed by atoms with van der Waals surface area (Å²) in [7, 11) is 1.84. The van der Waals surface area contributed by atoms with Crippen molar-refractivity contribution in [2.24, 2.45) is 0 Å². The van der Waals surface area contributed by atoms with Gasteiger partial charge in [-0.25, -0.2) is 0 Å². The molecule has 0 aromatic heterocycles. The molecule has 1 saturated heterocycles. The van der Waals surface area contributed by atoms with Gasteiger partial charge in [-0.05, 0) is 43.2 Å². The Morgan fingerprint density at radius 2 is 1.78 bits per heavy atom. The summed E-state index contributed by atoms with van der Waals surface area (Å²) >= 11 is 0.